The maximum atomic E-state index is 8.36. The molecule has 0 aromatic carbocycles. The molecule has 0 aliphatic carbocycles. The van der Waals surface area contributed by atoms with E-state index < -0.39 is 0 Å². The summed E-state index contributed by atoms with van der Waals surface area (Å²) in [4.78, 5) is 16.7. The number of carboxylic acid groups (broad SMARTS) is 2. The van der Waals surface area contributed by atoms with Crippen molar-refractivity contribution in [2.45, 2.75) is 0 Å². The fourth-order valence-electron chi connectivity index (χ4n) is 0.112. The second kappa shape index (κ2) is 34.2. The van der Waals surface area contributed by atoms with Crippen LogP contribution in [0.4, 0.5) is 0 Å². The zero-order chi connectivity index (χ0) is 10.2. The number of carbonyl (C=O) groups is 2. The molecular formula is C6H10O6. The van der Waals surface area contributed by atoms with E-state index in [2.05, 4.69) is 11.8 Å². The summed E-state index contributed by atoms with van der Waals surface area (Å²) in [6, 6.07) is 0. The lowest BCUT2D eigenvalue weighted by Crippen LogP contribution is -1.74. The molecule has 0 heterocycles. The summed E-state index contributed by atoms with van der Waals surface area (Å²) in [6.45, 7) is -0.832. The molecule has 0 rings (SSSR count). The van der Waals surface area contributed by atoms with E-state index in [4.69, 9.17) is 30.0 Å². The molecule has 4 N–H and O–H groups in total. The molecule has 12 heavy (non-hydrogen) atoms. The Morgan fingerprint density at radius 2 is 1.08 bits per heavy atom. The first-order valence-electron chi connectivity index (χ1n) is 2.58. The summed E-state index contributed by atoms with van der Waals surface area (Å²) in [6.07, 6.45) is 0. The van der Waals surface area contributed by atoms with Gasteiger partial charge in [0, 0.05) is 0 Å². The Labute approximate surface area is 69.1 Å². The molecule has 6 heteroatoms. The van der Waals surface area contributed by atoms with Crippen molar-refractivity contribution in [1.29, 1.82) is 0 Å². The van der Waals surface area contributed by atoms with Gasteiger partial charge in [-0.25, -0.2) is 0 Å². The molecule has 0 bridgehead atoms. The lowest BCUT2D eigenvalue weighted by molar-refractivity contribution is -0.123. The Bertz CT molecular complexity index is 119. The second-order valence-corrected chi connectivity index (χ2v) is 0.881. The standard InChI is InChI=1S/C4H6O2.2CH2O2/c5-3-1-2-4-6;2*2-1-3/h5-6H,3-4H2;2*1H,(H,2,3). The summed E-state index contributed by atoms with van der Waals surface area (Å²) in [5.41, 5.74) is 0. The molecule has 0 atom stereocenters. The lowest BCUT2D eigenvalue weighted by atomic mass is 10.6. The van der Waals surface area contributed by atoms with Crippen LogP contribution in [0.2, 0.25) is 0 Å². The molecule has 0 spiro atoms. The molecule has 0 saturated carbocycles. The van der Waals surface area contributed by atoms with Crippen LogP contribution in [0, 0.1) is 11.8 Å². The zero-order valence-corrected chi connectivity index (χ0v) is 6.17. The van der Waals surface area contributed by atoms with E-state index in [1.807, 2.05) is 0 Å². The maximum absolute atomic E-state index is 8.36. The minimum Gasteiger partial charge on any atom is -0.483 e. The van der Waals surface area contributed by atoms with Crippen LogP contribution in [-0.2, 0) is 9.59 Å². The van der Waals surface area contributed by atoms with E-state index in [1.165, 1.54) is 0 Å². The van der Waals surface area contributed by atoms with Crippen molar-refractivity contribution in [3.05, 3.63) is 0 Å². The van der Waals surface area contributed by atoms with E-state index in [0.717, 1.165) is 0 Å². The number of aliphatic hydroxyl groups is 2. The van der Waals surface area contributed by atoms with E-state index in [0.29, 0.717) is 0 Å². The fourth-order valence-corrected chi connectivity index (χ4v) is 0.112. The summed E-state index contributed by atoms with van der Waals surface area (Å²) < 4.78 is 0. The highest BCUT2D eigenvalue weighted by molar-refractivity contribution is 5.33. The van der Waals surface area contributed by atoms with E-state index in [9.17, 15) is 0 Å². The van der Waals surface area contributed by atoms with Gasteiger partial charge < -0.3 is 20.4 Å². The highest BCUT2D eigenvalue weighted by Crippen LogP contribution is 1.48. The summed E-state index contributed by atoms with van der Waals surface area (Å²) in [7, 11) is 0. The van der Waals surface area contributed by atoms with Crippen molar-refractivity contribution < 1.29 is 30.0 Å². The molecule has 0 aromatic rings. The van der Waals surface area contributed by atoms with Gasteiger partial charge in [-0.1, -0.05) is 11.8 Å². The average Bonchev–Trinajstić information content (AvgIpc) is 2.04. The molecule has 70 valence electrons. The Morgan fingerprint density at radius 3 is 1.17 bits per heavy atom. The second-order valence-electron chi connectivity index (χ2n) is 0.881. The Kier molecular flexibility index (Phi) is 47.8. The maximum Gasteiger partial charge on any atom is 0.290 e. The third kappa shape index (κ3) is 230. The average molecular weight is 178 g/mol. The zero-order valence-electron chi connectivity index (χ0n) is 6.17. The first-order chi connectivity index (χ1) is 5.74. The van der Waals surface area contributed by atoms with Crippen LogP contribution in [0.5, 0.6) is 0 Å². The molecule has 0 aliphatic rings. The van der Waals surface area contributed by atoms with Crippen LogP contribution >= 0.6 is 0 Å². The SMILES string of the molecule is O=CO.O=CO.OCC#CCO. The number of hydrogen-bond acceptors (Lipinski definition) is 4. The van der Waals surface area contributed by atoms with Gasteiger partial charge >= 0.3 is 0 Å². The normalized spacial score (nSPS) is 5.17. The minimum absolute atomic E-state index is 0.166. The van der Waals surface area contributed by atoms with Gasteiger partial charge in [0.25, 0.3) is 12.9 Å². The fraction of sp³-hybridized carbons (Fsp3) is 0.333. The van der Waals surface area contributed by atoms with E-state index >= 15 is 0 Å². The Balaban J connectivity index is -0.000000115. The first-order valence-corrected chi connectivity index (χ1v) is 2.58. The Morgan fingerprint density at radius 1 is 0.917 bits per heavy atom. The topological polar surface area (TPSA) is 115 Å². The van der Waals surface area contributed by atoms with Crippen LogP contribution in [-0.4, -0.2) is 46.6 Å². The van der Waals surface area contributed by atoms with Gasteiger partial charge in [0.05, 0.1) is 0 Å². The number of rotatable bonds is 0. The predicted molar refractivity (Wildman–Crippen MR) is 39.3 cm³/mol. The molecule has 0 amide bonds. The largest absolute Gasteiger partial charge is 0.483 e. The molecule has 0 unspecified atom stereocenters. The lowest BCUT2D eigenvalue weighted by Gasteiger charge is -1.66. The van der Waals surface area contributed by atoms with Gasteiger partial charge in [-0.3, -0.25) is 9.59 Å². The monoisotopic (exact) mass is 178 g/mol. The van der Waals surface area contributed by atoms with Crippen LogP contribution in [0.1, 0.15) is 0 Å². The van der Waals surface area contributed by atoms with E-state index in [-0.39, 0.29) is 26.2 Å². The van der Waals surface area contributed by atoms with Gasteiger partial charge in [0.1, 0.15) is 13.2 Å². The first kappa shape index (κ1) is 16.8. The van der Waals surface area contributed by atoms with Crippen molar-refractivity contribution >= 4 is 12.9 Å². The minimum atomic E-state index is -0.250. The van der Waals surface area contributed by atoms with Crippen LogP contribution in [0.25, 0.3) is 0 Å². The van der Waals surface area contributed by atoms with Crippen LogP contribution < -0.4 is 0 Å². The summed E-state index contributed by atoms with van der Waals surface area (Å²) in [5, 5.41) is 29.6. The van der Waals surface area contributed by atoms with Crippen molar-refractivity contribution in [1.82, 2.24) is 0 Å². The van der Waals surface area contributed by atoms with Gasteiger partial charge in [0.15, 0.2) is 0 Å². The highest BCUT2D eigenvalue weighted by atomic mass is 16.3. The molecule has 0 fully saturated rings. The van der Waals surface area contributed by atoms with Crippen molar-refractivity contribution in [2.24, 2.45) is 0 Å². The summed E-state index contributed by atoms with van der Waals surface area (Å²) in [5.74, 6) is 4.51. The molecule has 0 aromatic heterocycles. The van der Waals surface area contributed by atoms with Gasteiger partial charge in [-0.15, -0.1) is 0 Å². The Hall–Kier alpha value is -1.58. The van der Waals surface area contributed by atoms with Crippen molar-refractivity contribution in [2.75, 3.05) is 13.2 Å². The quantitative estimate of drug-likeness (QED) is 0.261. The molecule has 6 nitrogen and oxygen atoms in total. The number of hydrogen-bond donors (Lipinski definition) is 4. The smallest absolute Gasteiger partial charge is 0.290 e. The van der Waals surface area contributed by atoms with Crippen molar-refractivity contribution in [3.8, 4) is 11.8 Å². The molecule has 0 aliphatic heterocycles. The predicted octanol–water partition coefficient (Wildman–Crippen LogP) is -1.62. The van der Waals surface area contributed by atoms with Crippen molar-refractivity contribution in [3.63, 3.8) is 0 Å². The van der Waals surface area contributed by atoms with Gasteiger partial charge in [-0.05, 0) is 0 Å². The third-order valence-corrected chi connectivity index (χ3v) is 0.283. The molecule has 0 radical (unpaired) electrons. The number of aliphatic hydroxyl groups excluding tert-OH is 2. The summed E-state index contributed by atoms with van der Waals surface area (Å²) >= 11 is 0. The highest BCUT2D eigenvalue weighted by Gasteiger charge is 1.57. The molecular weight excluding hydrogens is 168 g/mol. The van der Waals surface area contributed by atoms with Gasteiger partial charge in [-0.2, -0.15) is 0 Å². The molecule has 0 saturated heterocycles. The van der Waals surface area contributed by atoms with Crippen LogP contribution in [0.15, 0.2) is 0 Å². The van der Waals surface area contributed by atoms with Crippen LogP contribution in [0.3, 0.4) is 0 Å². The van der Waals surface area contributed by atoms with E-state index in [1.54, 1.807) is 0 Å². The van der Waals surface area contributed by atoms with Gasteiger partial charge in [0.2, 0.25) is 0 Å². The third-order valence-electron chi connectivity index (χ3n) is 0.283.